The average Bonchev–Trinajstić information content (AvgIpc) is 3.91. The van der Waals surface area contributed by atoms with Gasteiger partial charge in [-0.1, -0.05) is 12.8 Å². The molecule has 3 saturated heterocycles. The van der Waals surface area contributed by atoms with E-state index in [-0.39, 0.29) is 53.4 Å². The number of imide groups is 2. The fourth-order valence-electron chi connectivity index (χ4n) is 9.68. The number of alkyl halides is 2. The molecule has 2 aromatic carbocycles. The number of anilines is 5. The normalized spacial score (nSPS) is 22.2. The first kappa shape index (κ1) is 43.0. The number of amides is 6. The number of methoxy groups -OCH3 is 1. The number of carbonyl (C=O) groups is 6. The zero-order valence-electron chi connectivity index (χ0n) is 35.9. The summed E-state index contributed by atoms with van der Waals surface area (Å²) in [4.78, 5) is 98.2. The molecule has 1 aliphatic carbocycles. The Morgan fingerprint density at radius 3 is 2.25 bits per heavy atom. The van der Waals surface area contributed by atoms with Gasteiger partial charge >= 0.3 is 5.92 Å². The van der Waals surface area contributed by atoms with Crippen LogP contribution < -0.4 is 30.1 Å². The highest BCUT2D eigenvalue weighted by Crippen LogP contribution is 2.40. The van der Waals surface area contributed by atoms with Crippen LogP contribution in [0.15, 0.2) is 42.6 Å². The van der Waals surface area contributed by atoms with Gasteiger partial charge in [0.1, 0.15) is 17.5 Å². The number of ether oxygens (including phenoxy) is 1. The molecule has 1 unspecified atom stereocenters. The van der Waals surface area contributed by atoms with Gasteiger partial charge in [0.15, 0.2) is 5.82 Å². The summed E-state index contributed by atoms with van der Waals surface area (Å²) in [6.07, 6.45) is 4.84. The highest BCUT2D eigenvalue weighted by Gasteiger charge is 2.49. The second kappa shape index (κ2) is 17.4. The third kappa shape index (κ3) is 8.19. The third-order valence-corrected chi connectivity index (χ3v) is 13.4. The minimum absolute atomic E-state index is 0.0690. The number of piperazine rings is 2. The molecule has 1 aromatic heterocycles. The highest BCUT2D eigenvalue weighted by atomic mass is 19.3. The topological polar surface area (TPSA) is 184 Å². The number of piperidine rings is 1. The van der Waals surface area contributed by atoms with E-state index in [1.807, 2.05) is 11.0 Å². The van der Waals surface area contributed by atoms with Crippen LogP contribution in [0.1, 0.15) is 69.6 Å². The minimum atomic E-state index is -3.58. The standard InChI is InChI=1S/C44H51F2N11O7/c1-51-34-25-47-43(50-37(34)56(28-5-3-4-6-28)26-44(45,46)42(51)63)48-32-10-7-27(23-35(32)64-2)39(60)55-21-17-53(18-22-55)14-13-52-15-19-54(20-16-52)29-8-9-30-31(24-29)41(62)57(40(30)61)33-11-12-36(58)49-38(33)59/h7-10,23-25,28,33H,3-6,11-22,26H2,1-2H3,(H,47,48,50)(H,49,58,59). The van der Waals surface area contributed by atoms with E-state index >= 15 is 8.78 Å². The molecule has 64 heavy (non-hydrogen) atoms. The molecule has 6 aliphatic rings. The van der Waals surface area contributed by atoms with E-state index in [0.717, 1.165) is 93.5 Å². The number of hydrogen-bond acceptors (Lipinski definition) is 14. The number of halogens is 2. The average molecular weight is 884 g/mol. The molecule has 0 spiro atoms. The van der Waals surface area contributed by atoms with Gasteiger partial charge in [-0.25, -0.2) is 4.98 Å². The molecule has 0 bridgehead atoms. The predicted molar refractivity (Wildman–Crippen MR) is 230 cm³/mol. The van der Waals surface area contributed by atoms with E-state index in [4.69, 9.17) is 4.74 Å². The largest absolute Gasteiger partial charge is 0.495 e. The number of fused-ring (bicyclic) bond motifs is 2. The molecule has 9 rings (SSSR count). The van der Waals surface area contributed by atoms with Gasteiger partial charge in [0.2, 0.25) is 17.8 Å². The molecule has 338 valence electrons. The summed E-state index contributed by atoms with van der Waals surface area (Å²) in [7, 11) is 2.81. The zero-order valence-corrected chi connectivity index (χ0v) is 35.9. The number of hydrogen-bond donors (Lipinski definition) is 2. The molecule has 18 nitrogen and oxygen atoms in total. The third-order valence-electron chi connectivity index (χ3n) is 13.4. The summed E-state index contributed by atoms with van der Waals surface area (Å²) in [6, 6.07) is 9.12. The molecule has 6 heterocycles. The Bertz CT molecular complexity index is 2380. The Labute approximate surface area is 368 Å². The lowest BCUT2D eigenvalue weighted by molar-refractivity contribution is -0.140. The maximum absolute atomic E-state index is 15.1. The van der Waals surface area contributed by atoms with Crippen LogP contribution in [0.2, 0.25) is 0 Å². The maximum atomic E-state index is 15.1. The lowest BCUT2D eigenvalue weighted by Gasteiger charge is -2.39. The van der Waals surface area contributed by atoms with Crippen molar-refractivity contribution in [2.75, 3.05) is 106 Å². The lowest BCUT2D eigenvalue weighted by atomic mass is 10.0. The molecule has 1 saturated carbocycles. The predicted octanol–water partition coefficient (Wildman–Crippen LogP) is 2.57. The van der Waals surface area contributed by atoms with Gasteiger partial charge in [0.05, 0.1) is 36.7 Å². The van der Waals surface area contributed by atoms with Crippen molar-refractivity contribution in [3.63, 3.8) is 0 Å². The fourth-order valence-corrected chi connectivity index (χ4v) is 9.68. The zero-order chi connectivity index (χ0) is 44.9. The van der Waals surface area contributed by atoms with E-state index in [0.29, 0.717) is 30.1 Å². The van der Waals surface area contributed by atoms with Crippen LogP contribution in [-0.4, -0.2) is 169 Å². The Hall–Kier alpha value is -6.28. The molecule has 3 aromatic rings. The Morgan fingerprint density at radius 1 is 0.875 bits per heavy atom. The first-order valence-corrected chi connectivity index (χ1v) is 21.9. The van der Waals surface area contributed by atoms with Crippen LogP contribution in [0.4, 0.5) is 37.6 Å². The van der Waals surface area contributed by atoms with Crippen molar-refractivity contribution in [3.8, 4) is 5.75 Å². The summed E-state index contributed by atoms with van der Waals surface area (Å²) in [5.74, 6) is -6.30. The SMILES string of the molecule is COc1cc(C(=O)N2CCN(CCN3CCN(c4ccc5c(c4)C(=O)N(C4CCC(=O)NC4=O)C5=O)CC3)CC2)ccc1Nc1ncc2c(n1)N(C1CCCC1)CC(F)(F)C(=O)N2C. The van der Waals surface area contributed by atoms with Gasteiger partial charge in [0, 0.05) is 96.2 Å². The number of nitrogens with zero attached hydrogens (tertiary/aromatic N) is 9. The number of nitrogens with one attached hydrogen (secondary N) is 2. The van der Waals surface area contributed by atoms with Crippen LogP contribution in [0.3, 0.4) is 0 Å². The van der Waals surface area contributed by atoms with Gasteiger partial charge in [-0.05, 0) is 55.7 Å². The first-order valence-electron chi connectivity index (χ1n) is 21.9. The van der Waals surface area contributed by atoms with Crippen LogP contribution in [0, 0.1) is 0 Å². The van der Waals surface area contributed by atoms with Gasteiger partial charge in [0.25, 0.3) is 23.6 Å². The molecule has 6 amide bonds. The van der Waals surface area contributed by atoms with Crippen LogP contribution in [0.5, 0.6) is 5.75 Å². The van der Waals surface area contributed by atoms with Crippen LogP contribution in [-0.2, 0) is 14.4 Å². The minimum Gasteiger partial charge on any atom is -0.495 e. The van der Waals surface area contributed by atoms with Crippen molar-refractivity contribution >= 4 is 64.3 Å². The molecule has 4 fully saturated rings. The van der Waals surface area contributed by atoms with E-state index in [1.54, 1.807) is 35.2 Å². The summed E-state index contributed by atoms with van der Waals surface area (Å²) in [6.45, 7) is 6.61. The van der Waals surface area contributed by atoms with Crippen molar-refractivity contribution < 1.29 is 42.3 Å². The molecule has 2 N–H and O–H groups in total. The Morgan fingerprint density at radius 2 is 1.56 bits per heavy atom. The monoisotopic (exact) mass is 883 g/mol. The van der Waals surface area contributed by atoms with Crippen molar-refractivity contribution in [1.29, 1.82) is 0 Å². The van der Waals surface area contributed by atoms with Gasteiger partial charge in [-0.2, -0.15) is 13.8 Å². The number of rotatable bonds is 10. The van der Waals surface area contributed by atoms with E-state index in [9.17, 15) is 28.8 Å². The van der Waals surface area contributed by atoms with Gasteiger partial charge in [-0.15, -0.1) is 0 Å². The van der Waals surface area contributed by atoms with E-state index < -0.39 is 48.0 Å². The Kier molecular flexibility index (Phi) is 11.7. The molecule has 1 atom stereocenters. The Balaban J connectivity index is 0.759. The van der Waals surface area contributed by atoms with Crippen molar-refractivity contribution in [2.24, 2.45) is 0 Å². The molecular formula is C44H51F2N11O7. The van der Waals surface area contributed by atoms with E-state index in [2.05, 4.69) is 35.3 Å². The number of carbonyl (C=O) groups excluding carboxylic acids is 6. The second-order valence-electron chi connectivity index (χ2n) is 17.2. The maximum Gasteiger partial charge on any atom is 0.342 e. The van der Waals surface area contributed by atoms with Gasteiger partial charge in [-0.3, -0.25) is 48.8 Å². The fraction of sp³-hybridized carbons (Fsp3) is 0.500. The number of benzene rings is 2. The van der Waals surface area contributed by atoms with Crippen molar-refractivity contribution in [1.82, 2.24) is 34.9 Å². The van der Waals surface area contributed by atoms with Crippen molar-refractivity contribution in [2.45, 2.75) is 56.5 Å². The van der Waals surface area contributed by atoms with E-state index in [1.165, 1.54) is 20.4 Å². The highest BCUT2D eigenvalue weighted by molar-refractivity contribution is 6.23. The number of aromatic nitrogens is 2. The molecular weight excluding hydrogens is 833 g/mol. The first-order chi connectivity index (χ1) is 30.8. The van der Waals surface area contributed by atoms with Gasteiger partial charge < -0.3 is 29.7 Å². The summed E-state index contributed by atoms with van der Waals surface area (Å²) < 4.78 is 35.8. The molecule has 0 radical (unpaired) electrons. The molecule has 20 heteroatoms. The second-order valence-corrected chi connectivity index (χ2v) is 17.2. The summed E-state index contributed by atoms with van der Waals surface area (Å²) in [5.41, 5.74) is 2.52. The quantitative estimate of drug-likeness (QED) is 0.284. The van der Waals surface area contributed by atoms with Crippen molar-refractivity contribution in [3.05, 3.63) is 59.3 Å². The van der Waals surface area contributed by atoms with Crippen LogP contribution in [0.25, 0.3) is 0 Å². The van der Waals surface area contributed by atoms with Crippen LogP contribution >= 0.6 is 0 Å². The smallest absolute Gasteiger partial charge is 0.342 e. The summed E-state index contributed by atoms with van der Waals surface area (Å²) >= 11 is 0. The lowest BCUT2D eigenvalue weighted by Crippen LogP contribution is -2.54. The summed E-state index contributed by atoms with van der Waals surface area (Å²) in [5, 5.41) is 5.36. The molecule has 5 aliphatic heterocycles.